The van der Waals surface area contributed by atoms with Gasteiger partial charge in [0.25, 0.3) is 0 Å². The lowest BCUT2D eigenvalue weighted by molar-refractivity contribution is -0.144. The summed E-state index contributed by atoms with van der Waals surface area (Å²) in [4.78, 5) is 33.0. The van der Waals surface area contributed by atoms with Crippen molar-refractivity contribution >= 4 is 11.8 Å². The molecule has 3 heterocycles. The maximum Gasteiger partial charge on any atom is 0.224 e. The molecule has 2 amide bonds. The van der Waals surface area contributed by atoms with Gasteiger partial charge in [-0.3, -0.25) is 14.6 Å². The minimum Gasteiger partial charge on any atom is -0.384 e. The second-order valence-corrected chi connectivity index (χ2v) is 7.23. The number of carbonyl (C=O) groups is 2. The third-order valence-electron chi connectivity index (χ3n) is 5.36. The van der Waals surface area contributed by atoms with Crippen molar-refractivity contribution in [1.82, 2.24) is 14.8 Å². The summed E-state index contributed by atoms with van der Waals surface area (Å²) in [5.74, 6) is 0.355. The standard InChI is InChI=1S/C19H27N3O3/c1-25-12-7-18(24)21-11-4-8-19(14-21)9-6-17(23)22(15-19)13-16-5-2-3-10-20-16/h2-3,5,10H,4,6-9,11-15H2,1H3/t19-/m1/s1. The number of hydrogen-bond donors (Lipinski definition) is 0. The summed E-state index contributed by atoms with van der Waals surface area (Å²) in [5.41, 5.74) is 0.945. The zero-order valence-corrected chi connectivity index (χ0v) is 14.9. The Morgan fingerprint density at radius 1 is 1.32 bits per heavy atom. The smallest absolute Gasteiger partial charge is 0.224 e. The van der Waals surface area contributed by atoms with Crippen LogP contribution in [0.4, 0.5) is 0 Å². The van der Waals surface area contributed by atoms with Gasteiger partial charge >= 0.3 is 0 Å². The third-order valence-corrected chi connectivity index (χ3v) is 5.36. The molecule has 3 rings (SSSR count). The Balaban J connectivity index is 1.66. The molecule has 136 valence electrons. The summed E-state index contributed by atoms with van der Waals surface area (Å²) >= 11 is 0. The second-order valence-electron chi connectivity index (χ2n) is 7.23. The summed E-state index contributed by atoms with van der Waals surface area (Å²) in [6, 6.07) is 5.78. The topological polar surface area (TPSA) is 62.7 Å². The average Bonchev–Trinajstić information content (AvgIpc) is 2.64. The third kappa shape index (κ3) is 4.37. The highest BCUT2D eigenvalue weighted by Gasteiger charge is 2.42. The second kappa shape index (κ2) is 7.95. The van der Waals surface area contributed by atoms with Crippen LogP contribution in [0.1, 0.15) is 37.8 Å². The molecule has 2 fully saturated rings. The molecule has 1 aromatic rings. The van der Waals surface area contributed by atoms with Gasteiger partial charge in [0, 0.05) is 44.8 Å². The van der Waals surface area contributed by atoms with E-state index in [1.54, 1.807) is 13.3 Å². The maximum absolute atomic E-state index is 12.4. The van der Waals surface area contributed by atoms with E-state index in [0.717, 1.165) is 44.6 Å². The van der Waals surface area contributed by atoms with Gasteiger partial charge in [0.15, 0.2) is 0 Å². The summed E-state index contributed by atoms with van der Waals surface area (Å²) < 4.78 is 5.03. The number of hydrogen-bond acceptors (Lipinski definition) is 4. The zero-order valence-electron chi connectivity index (χ0n) is 14.9. The van der Waals surface area contributed by atoms with Crippen LogP contribution < -0.4 is 0 Å². The first-order valence-corrected chi connectivity index (χ1v) is 9.06. The molecule has 6 heteroatoms. The van der Waals surface area contributed by atoms with Crippen molar-refractivity contribution in [2.24, 2.45) is 5.41 Å². The Hall–Kier alpha value is -1.95. The number of likely N-dealkylation sites (tertiary alicyclic amines) is 2. The van der Waals surface area contributed by atoms with Gasteiger partial charge in [-0.25, -0.2) is 0 Å². The number of amides is 2. The van der Waals surface area contributed by atoms with Crippen LogP contribution in [0.3, 0.4) is 0 Å². The molecule has 6 nitrogen and oxygen atoms in total. The van der Waals surface area contributed by atoms with Gasteiger partial charge in [-0.15, -0.1) is 0 Å². The van der Waals surface area contributed by atoms with Crippen LogP contribution in [0.5, 0.6) is 0 Å². The van der Waals surface area contributed by atoms with E-state index in [0.29, 0.717) is 26.0 Å². The molecule has 0 N–H and O–H groups in total. The molecule has 0 bridgehead atoms. The van der Waals surface area contributed by atoms with Gasteiger partial charge < -0.3 is 14.5 Å². The molecule has 1 spiro atoms. The van der Waals surface area contributed by atoms with Crippen LogP contribution in [0.2, 0.25) is 0 Å². The maximum atomic E-state index is 12.4. The normalized spacial score (nSPS) is 24.0. The number of methoxy groups -OCH3 is 1. The fraction of sp³-hybridized carbons (Fsp3) is 0.632. The fourth-order valence-corrected chi connectivity index (χ4v) is 4.03. The fourth-order valence-electron chi connectivity index (χ4n) is 4.03. The van der Waals surface area contributed by atoms with E-state index >= 15 is 0 Å². The van der Waals surface area contributed by atoms with Crippen molar-refractivity contribution in [3.63, 3.8) is 0 Å². The Morgan fingerprint density at radius 2 is 2.20 bits per heavy atom. The van der Waals surface area contributed by atoms with E-state index in [1.807, 2.05) is 28.0 Å². The highest BCUT2D eigenvalue weighted by Crippen LogP contribution is 2.39. The van der Waals surface area contributed by atoms with Gasteiger partial charge in [0.05, 0.1) is 25.3 Å². The lowest BCUT2D eigenvalue weighted by atomic mass is 9.73. The minimum absolute atomic E-state index is 0.0314. The number of rotatable bonds is 5. The molecular formula is C19H27N3O3. The van der Waals surface area contributed by atoms with Crippen molar-refractivity contribution in [3.05, 3.63) is 30.1 Å². The van der Waals surface area contributed by atoms with Crippen LogP contribution in [0, 0.1) is 5.41 Å². The first-order chi connectivity index (χ1) is 12.1. The van der Waals surface area contributed by atoms with E-state index in [4.69, 9.17) is 4.74 Å². The van der Waals surface area contributed by atoms with Crippen molar-refractivity contribution in [3.8, 4) is 0 Å². The molecule has 25 heavy (non-hydrogen) atoms. The number of piperidine rings is 2. The SMILES string of the molecule is COCCC(=O)N1CCC[C@@]2(CCC(=O)N(Cc3ccccn3)C2)C1. The van der Waals surface area contributed by atoms with E-state index in [9.17, 15) is 9.59 Å². The minimum atomic E-state index is 0.0314. The van der Waals surface area contributed by atoms with Crippen molar-refractivity contribution in [2.75, 3.05) is 33.4 Å². The van der Waals surface area contributed by atoms with Gasteiger partial charge in [0.2, 0.25) is 11.8 Å². The Kier molecular flexibility index (Phi) is 5.68. The van der Waals surface area contributed by atoms with Gasteiger partial charge in [-0.05, 0) is 31.4 Å². The lowest BCUT2D eigenvalue weighted by Gasteiger charge is -2.48. The number of pyridine rings is 1. The Bertz CT molecular complexity index is 607. The summed E-state index contributed by atoms with van der Waals surface area (Å²) in [6.07, 6.45) is 5.71. The van der Waals surface area contributed by atoms with Crippen LogP contribution in [0.25, 0.3) is 0 Å². The lowest BCUT2D eigenvalue weighted by Crippen LogP contribution is -2.54. The molecule has 2 aliphatic heterocycles. The summed E-state index contributed by atoms with van der Waals surface area (Å²) in [7, 11) is 1.62. The number of ether oxygens (including phenoxy) is 1. The zero-order chi connectivity index (χ0) is 17.7. The van der Waals surface area contributed by atoms with Gasteiger partial charge in [0.1, 0.15) is 0 Å². The van der Waals surface area contributed by atoms with Crippen LogP contribution in [-0.2, 0) is 20.9 Å². The number of aromatic nitrogens is 1. The predicted octanol–water partition coefficient (Wildman–Crippen LogP) is 1.85. The largest absolute Gasteiger partial charge is 0.384 e. The predicted molar refractivity (Wildman–Crippen MR) is 93.6 cm³/mol. The Morgan fingerprint density at radius 3 is 2.96 bits per heavy atom. The molecule has 0 unspecified atom stereocenters. The molecule has 1 aromatic heterocycles. The molecule has 0 saturated carbocycles. The number of carbonyl (C=O) groups excluding carboxylic acids is 2. The highest BCUT2D eigenvalue weighted by atomic mass is 16.5. The molecule has 2 saturated heterocycles. The monoisotopic (exact) mass is 345 g/mol. The highest BCUT2D eigenvalue weighted by molar-refractivity contribution is 5.78. The van der Waals surface area contributed by atoms with E-state index < -0.39 is 0 Å². The van der Waals surface area contributed by atoms with Crippen LogP contribution >= 0.6 is 0 Å². The quantitative estimate of drug-likeness (QED) is 0.817. The van der Waals surface area contributed by atoms with E-state index in [2.05, 4.69) is 4.98 Å². The molecular weight excluding hydrogens is 318 g/mol. The average molecular weight is 345 g/mol. The van der Waals surface area contributed by atoms with Gasteiger partial charge in [-0.1, -0.05) is 6.07 Å². The van der Waals surface area contributed by atoms with E-state index in [-0.39, 0.29) is 17.2 Å². The van der Waals surface area contributed by atoms with Crippen LogP contribution in [0.15, 0.2) is 24.4 Å². The van der Waals surface area contributed by atoms with Crippen LogP contribution in [-0.4, -0.2) is 59.9 Å². The molecule has 1 atom stereocenters. The van der Waals surface area contributed by atoms with E-state index in [1.165, 1.54) is 0 Å². The molecule has 2 aliphatic rings. The van der Waals surface area contributed by atoms with Crippen molar-refractivity contribution in [1.29, 1.82) is 0 Å². The molecule has 0 radical (unpaired) electrons. The summed E-state index contributed by atoms with van der Waals surface area (Å²) in [5, 5.41) is 0. The summed E-state index contributed by atoms with van der Waals surface area (Å²) in [6.45, 7) is 3.31. The molecule has 0 aromatic carbocycles. The molecule has 0 aliphatic carbocycles. The van der Waals surface area contributed by atoms with Crippen molar-refractivity contribution < 1.29 is 14.3 Å². The van der Waals surface area contributed by atoms with Crippen molar-refractivity contribution in [2.45, 2.75) is 38.6 Å². The van der Waals surface area contributed by atoms with Gasteiger partial charge in [-0.2, -0.15) is 0 Å². The first-order valence-electron chi connectivity index (χ1n) is 9.06. The Labute approximate surface area is 149 Å². The number of nitrogens with zero attached hydrogens (tertiary/aromatic N) is 3. The first kappa shape index (κ1) is 17.9.